The van der Waals surface area contributed by atoms with Crippen LogP contribution in [0.2, 0.25) is 0 Å². The molecule has 1 aliphatic rings. The van der Waals surface area contributed by atoms with Crippen LogP contribution in [0.15, 0.2) is 84.9 Å². The minimum absolute atomic E-state index is 1.30. The van der Waals surface area contributed by atoms with E-state index in [0.29, 0.717) is 0 Å². The maximum Gasteiger partial charge on any atom is -0.00141 e. The standard InChI is InChI=1S/C26H20/c1-17-7-3-9-19(15-17)21-11-5-13-23-24-14-6-12-22(26(24)25(21)23)20-10-4-8-18(2)16-20/h3-16H,1-2H3. The van der Waals surface area contributed by atoms with Gasteiger partial charge >= 0.3 is 0 Å². The van der Waals surface area contributed by atoms with Crippen molar-refractivity contribution >= 4 is 0 Å². The van der Waals surface area contributed by atoms with Gasteiger partial charge in [-0.2, -0.15) is 0 Å². The van der Waals surface area contributed by atoms with E-state index in [9.17, 15) is 0 Å². The van der Waals surface area contributed by atoms with Crippen molar-refractivity contribution in [3.63, 3.8) is 0 Å². The Kier molecular flexibility index (Phi) is 3.33. The summed E-state index contributed by atoms with van der Waals surface area (Å²) in [7, 11) is 0. The summed E-state index contributed by atoms with van der Waals surface area (Å²) >= 11 is 0. The minimum atomic E-state index is 1.30. The molecule has 4 aromatic carbocycles. The van der Waals surface area contributed by atoms with Gasteiger partial charge in [-0.3, -0.25) is 0 Å². The normalized spacial score (nSPS) is 11.5. The first kappa shape index (κ1) is 15.2. The fourth-order valence-corrected chi connectivity index (χ4v) is 4.14. The van der Waals surface area contributed by atoms with Crippen molar-refractivity contribution < 1.29 is 0 Å². The Morgan fingerprint density at radius 3 is 1.31 bits per heavy atom. The summed E-state index contributed by atoms with van der Waals surface area (Å²) < 4.78 is 0. The molecular formula is C26H20. The molecule has 4 aromatic rings. The van der Waals surface area contributed by atoms with Crippen molar-refractivity contribution in [2.75, 3.05) is 0 Å². The van der Waals surface area contributed by atoms with Crippen LogP contribution in [0.3, 0.4) is 0 Å². The predicted octanol–water partition coefficient (Wildman–Crippen LogP) is 6.52. The summed E-state index contributed by atoms with van der Waals surface area (Å²) in [5, 5.41) is 5.53. The number of rotatable bonds is 2. The van der Waals surface area contributed by atoms with Gasteiger partial charge in [0.25, 0.3) is 0 Å². The highest BCUT2D eigenvalue weighted by molar-refractivity contribution is 5.71. The molecule has 0 unspecified atom stereocenters. The molecule has 0 heterocycles. The third-order valence-electron chi connectivity index (χ3n) is 5.33. The van der Waals surface area contributed by atoms with Crippen LogP contribution in [0, 0.1) is 34.7 Å². The molecule has 26 heavy (non-hydrogen) atoms. The van der Waals surface area contributed by atoms with Gasteiger partial charge < -0.3 is 0 Å². The summed E-state index contributed by atoms with van der Waals surface area (Å²) in [6.45, 7) is 4.32. The Morgan fingerprint density at radius 2 is 0.885 bits per heavy atom. The number of hydrogen-bond acceptors (Lipinski definition) is 0. The van der Waals surface area contributed by atoms with Crippen LogP contribution < -0.4 is 0 Å². The molecule has 0 bridgehead atoms. The molecule has 0 saturated carbocycles. The lowest BCUT2D eigenvalue weighted by atomic mass is 9.89. The molecule has 0 radical (unpaired) electrons. The second-order valence-corrected chi connectivity index (χ2v) is 7.20. The lowest BCUT2D eigenvalue weighted by Gasteiger charge is -2.15. The lowest BCUT2D eigenvalue weighted by molar-refractivity contribution is 1.28. The van der Waals surface area contributed by atoms with Gasteiger partial charge in [-0.05, 0) is 57.0 Å². The van der Waals surface area contributed by atoms with E-state index in [1.165, 1.54) is 54.3 Å². The van der Waals surface area contributed by atoms with E-state index in [2.05, 4.69) is 98.8 Å². The zero-order valence-electron chi connectivity index (χ0n) is 15.1. The Hall–Kier alpha value is -3.12. The van der Waals surface area contributed by atoms with Crippen LogP contribution >= 0.6 is 0 Å². The van der Waals surface area contributed by atoms with Crippen LogP contribution in [0.4, 0.5) is 0 Å². The minimum Gasteiger partial charge on any atom is -0.0614 e. The highest BCUT2D eigenvalue weighted by atomic mass is 14.2. The Balaban J connectivity index is 1.90. The van der Waals surface area contributed by atoms with Gasteiger partial charge in [-0.25, -0.2) is 0 Å². The Bertz CT molecular complexity index is 1240. The largest absolute Gasteiger partial charge is 0.0614 e. The summed E-state index contributed by atoms with van der Waals surface area (Å²) in [4.78, 5) is 0. The van der Waals surface area contributed by atoms with Gasteiger partial charge in [-0.15, -0.1) is 0 Å². The summed E-state index contributed by atoms with van der Waals surface area (Å²) in [6, 6.07) is 31.0. The number of hydrogen-bond donors (Lipinski definition) is 0. The van der Waals surface area contributed by atoms with Crippen LogP contribution in [-0.2, 0) is 0 Å². The van der Waals surface area contributed by atoms with Crippen LogP contribution in [-0.4, -0.2) is 0 Å². The van der Waals surface area contributed by atoms with Crippen molar-refractivity contribution in [3.05, 3.63) is 117 Å². The zero-order chi connectivity index (χ0) is 17.7. The first-order chi connectivity index (χ1) is 12.7. The highest BCUT2D eigenvalue weighted by Gasteiger charge is 2.12. The molecule has 0 N–H and O–H groups in total. The van der Waals surface area contributed by atoms with Crippen molar-refractivity contribution in [3.8, 4) is 22.3 Å². The third kappa shape index (κ3) is 2.23. The second-order valence-electron chi connectivity index (χ2n) is 7.20. The van der Waals surface area contributed by atoms with E-state index in [4.69, 9.17) is 0 Å². The molecule has 5 rings (SSSR count). The smallest absolute Gasteiger partial charge is 0.00141 e. The molecule has 0 heteroatoms. The van der Waals surface area contributed by atoms with E-state index in [1.807, 2.05) is 0 Å². The maximum absolute atomic E-state index is 2.28. The number of aryl methyl sites for hydroxylation is 2. The first-order valence-electron chi connectivity index (χ1n) is 9.13. The molecule has 0 fully saturated rings. The van der Waals surface area contributed by atoms with Crippen LogP contribution in [0.1, 0.15) is 11.1 Å². The highest BCUT2D eigenvalue weighted by Crippen LogP contribution is 2.31. The van der Waals surface area contributed by atoms with Gasteiger partial charge in [0.05, 0.1) is 0 Å². The molecule has 0 aliphatic heterocycles. The molecule has 0 aromatic heterocycles. The molecule has 1 aliphatic carbocycles. The molecule has 0 saturated heterocycles. The van der Waals surface area contributed by atoms with E-state index in [0.717, 1.165) is 0 Å². The molecule has 0 nitrogen and oxygen atoms in total. The third-order valence-corrected chi connectivity index (χ3v) is 5.33. The van der Waals surface area contributed by atoms with E-state index < -0.39 is 0 Å². The van der Waals surface area contributed by atoms with Crippen LogP contribution in [0.5, 0.6) is 0 Å². The molecular weight excluding hydrogens is 312 g/mol. The quantitative estimate of drug-likeness (QED) is 0.345. The van der Waals surface area contributed by atoms with Gasteiger partial charge in [0.1, 0.15) is 0 Å². The van der Waals surface area contributed by atoms with E-state index in [-0.39, 0.29) is 0 Å². The topological polar surface area (TPSA) is 0 Å². The maximum atomic E-state index is 2.28. The monoisotopic (exact) mass is 332 g/mol. The fraction of sp³-hybridized carbons (Fsp3) is 0.0769. The molecule has 0 atom stereocenters. The van der Waals surface area contributed by atoms with E-state index >= 15 is 0 Å². The lowest BCUT2D eigenvalue weighted by Crippen LogP contribution is -1.97. The van der Waals surface area contributed by atoms with E-state index in [1.54, 1.807) is 0 Å². The average Bonchev–Trinajstić information content (AvgIpc) is 2.65. The van der Waals surface area contributed by atoms with Gasteiger partial charge in [0, 0.05) is 0 Å². The zero-order valence-corrected chi connectivity index (χ0v) is 15.1. The van der Waals surface area contributed by atoms with Crippen molar-refractivity contribution in [2.45, 2.75) is 13.8 Å². The van der Waals surface area contributed by atoms with Crippen molar-refractivity contribution in [1.82, 2.24) is 0 Å². The molecule has 0 spiro atoms. The van der Waals surface area contributed by atoms with Crippen molar-refractivity contribution in [2.24, 2.45) is 0 Å². The average molecular weight is 332 g/mol. The SMILES string of the molecule is Cc1cccc(-c2cccc3c2=c2c(-c4cccc(C)c4)cccc2=3)c1. The number of fused-ring (bicyclic) bond motifs is 2. The summed E-state index contributed by atoms with van der Waals surface area (Å²) in [5.41, 5.74) is 7.86. The second kappa shape index (κ2) is 5.71. The van der Waals surface area contributed by atoms with Crippen molar-refractivity contribution in [1.29, 1.82) is 0 Å². The van der Waals surface area contributed by atoms with Gasteiger partial charge in [0.2, 0.25) is 0 Å². The van der Waals surface area contributed by atoms with Gasteiger partial charge in [-0.1, -0.05) is 96.1 Å². The summed E-state index contributed by atoms with van der Waals surface area (Å²) in [5.74, 6) is 0. The van der Waals surface area contributed by atoms with Gasteiger partial charge in [0.15, 0.2) is 0 Å². The molecule has 0 amide bonds. The number of benzene rings is 4. The van der Waals surface area contributed by atoms with Crippen LogP contribution in [0.25, 0.3) is 22.3 Å². The predicted molar refractivity (Wildman–Crippen MR) is 109 cm³/mol. The molecule has 124 valence electrons. The fourth-order valence-electron chi connectivity index (χ4n) is 4.14. The Morgan fingerprint density at radius 1 is 0.462 bits per heavy atom. The summed E-state index contributed by atoms with van der Waals surface area (Å²) in [6.07, 6.45) is 0. The first-order valence-corrected chi connectivity index (χ1v) is 9.13. The Labute approximate surface area is 153 Å².